The zero-order valence-electron chi connectivity index (χ0n) is 13.4. The molecule has 132 valence electrons. The number of nitrogens with zero attached hydrogens (tertiary/aromatic N) is 1. The fourth-order valence-corrected chi connectivity index (χ4v) is 3.77. The molecule has 0 aromatic heterocycles. The van der Waals surface area contributed by atoms with E-state index in [4.69, 9.17) is 0 Å². The number of carbonyl (C=O) groups is 1. The number of halogens is 3. The number of thioether (sulfide) groups is 1. The van der Waals surface area contributed by atoms with Crippen molar-refractivity contribution in [2.75, 3.05) is 11.4 Å². The molecule has 2 aromatic carbocycles. The van der Waals surface area contributed by atoms with E-state index in [1.54, 1.807) is 16.7 Å². The lowest BCUT2D eigenvalue weighted by molar-refractivity contribution is -0.274. The molecule has 0 unspecified atom stereocenters. The molecule has 7 heteroatoms. The van der Waals surface area contributed by atoms with E-state index in [9.17, 15) is 18.0 Å². The van der Waals surface area contributed by atoms with Gasteiger partial charge < -0.3 is 9.64 Å². The van der Waals surface area contributed by atoms with Crippen LogP contribution in [0.4, 0.5) is 18.9 Å². The summed E-state index contributed by atoms with van der Waals surface area (Å²) in [6, 6.07) is 12.7. The lowest BCUT2D eigenvalue weighted by atomic mass is 10.1. The van der Waals surface area contributed by atoms with Gasteiger partial charge in [0.05, 0.1) is 5.69 Å². The van der Waals surface area contributed by atoms with Crippen LogP contribution in [0.2, 0.25) is 0 Å². The topological polar surface area (TPSA) is 29.5 Å². The first-order valence-electron chi connectivity index (χ1n) is 7.77. The van der Waals surface area contributed by atoms with Gasteiger partial charge in [0, 0.05) is 22.3 Å². The van der Waals surface area contributed by atoms with Crippen molar-refractivity contribution in [3.05, 3.63) is 54.1 Å². The lowest BCUT2D eigenvalue weighted by Crippen LogP contribution is -2.32. The average molecular weight is 367 g/mol. The predicted octanol–water partition coefficient (Wildman–Crippen LogP) is 5.12. The molecule has 0 saturated carbocycles. The van der Waals surface area contributed by atoms with Gasteiger partial charge in [-0.25, -0.2) is 0 Å². The third-order valence-electron chi connectivity index (χ3n) is 3.82. The molecule has 1 aliphatic heterocycles. The Morgan fingerprint density at radius 2 is 1.84 bits per heavy atom. The molecule has 2 aromatic rings. The molecular weight excluding hydrogens is 351 g/mol. The van der Waals surface area contributed by atoms with Crippen LogP contribution in [0.5, 0.6) is 5.75 Å². The van der Waals surface area contributed by atoms with Gasteiger partial charge in [-0.15, -0.1) is 24.9 Å². The third kappa shape index (κ3) is 4.28. The summed E-state index contributed by atoms with van der Waals surface area (Å²) in [7, 11) is 0. The van der Waals surface area contributed by atoms with Crippen molar-refractivity contribution in [3.8, 4) is 5.75 Å². The van der Waals surface area contributed by atoms with Gasteiger partial charge in [-0.05, 0) is 42.8 Å². The Kier molecular flexibility index (Phi) is 4.94. The largest absolute Gasteiger partial charge is 0.573 e. The Balaban J connectivity index is 1.85. The van der Waals surface area contributed by atoms with Crippen LogP contribution >= 0.6 is 11.8 Å². The maximum atomic E-state index is 12.9. The molecular formula is C18H16F3NO2S. The van der Waals surface area contributed by atoms with Crippen LogP contribution in [0, 0.1) is 0 Å². The molecule has 3 nitrogen and oxygen atoms in total. The maximum absolute atomic E-state index is 12.9. The highest BCUT2D eigenvalue weighted by Crippen LogP contribution is 2.38. The Hall–Kier alpha value is -2.15. The van der Waals surface area contributed by atoms with Crippen molar-refractivity contribution in [2.24, 2.45) is 0 Å². The molecule has 1 atom stereocenters. The molecule has 0 fully saturated rings. The second-order valence-corrected chi connectivity index (χ2v) is 7.19. The van der Waals surface area contributed by atoms with Crippen LogP contribution in [0.25, 0.3) is 0 Å². The predicted molar refractivity (Wildman–Crippen MR) is 91.2 cm³/mol. The molecule has 0 spiro atoms. The van der Waals surface area contributed by atoms with Crippen LogP contribution in [0.1, 0.15) is 23.7 Å². The van der Waals surface area contributed by atoms with Crippen molar-refractivity contribution in [1.82, 2.24) is 0 Å². The van der Waals surface area contributed by atoms with Gasteiger partial charge in [0.2, 0.25) is 0 Å². The van der Waals surface area contributed by atoms with Gasteiger partial charge in [-0.3, -0.25) is 4.79 Å². The maximum Gasteiger partial charge on any atom is 0.573 e. The van der Waals surface area contributed by atoms with Crippen molar-refractivity contribution >= 4 is 23.4 Å². The first-order chi connectivity index (χ1) is 11.8. The van der Waals surface area contributed by atoms with E-state index >= 15 is 0 Å². The number of alkyl halides is 3. The lowest BCUT2D eigenvalue weighted by Gasteiger charge is -2.22. The van der Waals surface area contributed by atoms with Gasteiger partial charge in [0.15, 0.2) is 0 Å². The SMILES string of the molecule is C[C@@H]1CCN(C(=O)c2ccc(OC(F)(F)F)cc2)c2ccccc2S1. The third-order valence-corrected chi connectivity index (χ3v) is 5.06. The quantitative estimate of drug-likeness (QED) is 0.738. The number of rotatable bonds is 2. The van der Waals surface area contributed by atoms with Gasteiger partial charge in [-0.1, -0.05) is 19.1 Å². The first-order valence-corrected chi connectivity index (χ1v) is 8.65. The molecule has 0 aliphatic carbocycles. The molecule has 1 aliphatic rings. The van der Waals surface area contributed by atoms with E-state index in [0.29, 0.717) is 17.4 Å². The summed E-state index contributed by atoms with van der Waals surface area (Å²) in [5.74, 6) is -0.579. The minimum atomic E-state index is -4.75. The Morgan fingerprint density at radius 1 is 1.16 bits per heavy atom. The van der Waals surface area contributed by atoms with Gasteiger partial charge in [0.25, 0.3) is 5.91 Å². The number of para-hydroxylation sites is 1. The molecule has 25 heavy (non-hydrogen) atoms. The molecule has 1 amide bonds. The summed E-state index contributed by atoms with van der Waals surface area (Å²) in [5, 5.41) is 0.376. The van der Waals surface area contributed by atoms with E-state index < -0.39 is 6.36 Å². The minimum absolute atomic E-state index is 0.235. The summed E-state index contributed by atoms with van der Waals surface area (Å²) in [5.41, 5.74) is 1.15. The molecule has 3 rings (SSSR count). The van der Waals surface area contributed by atoms with Gasteiger partial charge >= 0.3 is 6.36 Å². The summed E-state index contributed by atoms with van der Waals surface area (Å²) >= 11 is 1.72. The van der Waals surface area contributed by atoms with E-state index in [1.165, 1.54) is 12.1 Å². The summed E-state index contributed by atoms with van der Waals surface area (Å²) in [4.78, 5) is 15.6. The monoisotopic (exact) mass is 367 g/mol. The number of hydrogen-bond acceptors (Lipinski definition) is 3. The normalized spacial score (nSPS) is 17.6. The highest BCUT2D eigenvalue weighted by atomic mass is 32.2. The Bertz CT molecular complexity index is 762. The number of carbonyl (C=O) groups excluding carboxylic acids is 1. The summed E-state index contributed by atoms with van der Waals surface area (Å²) < 4.78 is 40.6. The Labute approximate surface area is 147 Å². The second-order valence-electron chi connectivity index (χ2n) is 5.71. The van der Waals surface area contributed by atoms with Gasteiger partial charge in [0.1, 0.15) is 5.75 Å². The zero-order chi connectivity index (χ0) is 18.0. The van der Waals surface area contributed by atoms with Crippen molar-refractivity contribution in [2.45, 2.75) is 29.9 Å². The molecule has 0 bridgehead atoms. The van der Waals surface area contributed by atoms with Crippen molar-refractivity contribution in [1.29, 1.82) is 0 Å². The van der Waals surface area contributed by atoms with Crippen molar-refractivity contribution < 1.29 is 22.7 Å². The zero-order valence-corrected chi connectivity index (χ0v) is 14.2. The number of hydrogen-bond donors (Lipinski definition) is 0. The fraction of sp³-hybridized carbons (Fsp3) is 0.278. The second kappa shape index (κ2) is 7.00. The van der Waals surface area contributed by atoms with Crippen LogP contribution < -0.4 is 9.64 Å². The summed E-state index contributed by atoms with van der Waals surface area (Å²) in [6.45, 7) is 2.67. The van der Waals surface area contributed by atoms with Crippen LogP contribution in [0.15, 0.2) is 53.4 Å². The number of ether oxygens (including phenoxy) is 1. The minimum Gasteiger partial charge on any atom is -0.406 e. The van der Waals surface area contributed by atoms with E-state index in [2.05, 4.69) is 11.7 Å². The number of benzene rings is 2. The smallest absolute Gasteiger partial charge is 0.406 e. The fourth-order valence-electron chi connectivity index (χ4n) is 2.65. The van der Waals surface area contributed by atoms with E-state index in [-0.39, 0.29) is 11.7 Å². The first kappa shape index (κ1) is 17.7. The van der Waals surface area contributed by atoms with Crippen LogP contribution in [0.3, 0.4) is 0 Å². The van der Waals surface area contributed by atoms with E-state index in [0.717, 1.165) is 29.1 Å². The number of fused-ring (bicyclic) bond motifs is 1. The highest BCUT2D eigenvalue weighted by molar-refractivity contribution is 8.00. The average Bonchev–Trinajstić information content (AvgIpc) is 2.71. The standard InChI is InChI=1S/C18H16F3NO2S/c1-12-10-11-22(15-4-2-3-5-16(15)25-12)17(23)13-6-8-14(9-7-13)24-18(19,20)21/h2-9,12H,10-11H2,1H3/t12-/m1/s1. The molecule has 0 N–H and O–H groups in total. The van der Waals surface area contributed by atoms with E-state index in [1.807, 2.05) is 24.3 Å². The molecule has 1 heterocycles. The summed E-state index contributed by atoms with van der Waals surface area (Å²) in [6.07, 6.45) is -3.91. The van der Waals surface area contributed by atoms with Gasteiger partial charge in [-0.2, -0.15) is 0 Å². The highest BCUT2D eigenvalue weighted by Gasteiger charge is 2.31. The number of anilines is 1. The molecule has 0 radical (unpaired) electrons. The van der Waals surface area contributed by atoms with Crippen LogP contribution in [-0.2, 0) is 0 Å². The molecule has 0 saturated heterocycles. The number of amides is 1. The van der Waals surface area contributed by atoms with Crippen LogP contribution in [-0.4, -0.2) is 24.1 Å². The Morgan fingerprint density at radius 3 is 2.52 bits per heavy atom. The van der Waals surface area contributed by atoms with Crippen molar-refractivity contribution in [3.63, 3.8) is 0 Å².